The van der Waals surface area contributed by atoms with Crippen LogP contribution < -0.4 is 14.2 Å². The summed E-state index contributed by atoms with van der Waals surface area (Å²) in [6.45, 7) is 0.276. The van der Waals surface area contributed by atoms with Crippen LogP contribution in [0.5, 0.6) is 11.5 Å². The number of esters is 1. The minimum absolute atomic E-state index is 0.0173. The molecule has 0 aliphatic rings. The summed E-state index contributed by atoms with van der Waals surface area (Å²) in [4.78, 5) is 12.5. The average Bonchev–Trinajstić information content (AvgIpc) is 2.70. The van der Waals surface area contributed by atoms with Gasteiger partial charge >= 0.3 is 12.6 Å². The van der Waals surface area contributed by atoms with Crippen molar-refractivity contribution in [3.63, 3.8) is 0 Å². The number of hydrogen-bond acceptors (Lipinski definition) is 6. The quantitative estimate of drug-likeness (QED) is 0.567. The maximum atomic E-state index is 12.6. The van der Waals surface area contributed by atoms with Crippen LogP contribution in [0.2, 0.25) is 0 Å². The number of hydrogen-bond donors (Lipinski definition) is 1. The second-order valence-electron chi connectivity index (χ2n) is 6.65. The van der Waals surface area contributed by atoms with Gasteiger partial charge in [0.25, 0.3) is 0 Å². The van der Waals surface area contributed by atoms with Gasteiger partial charge in [-0.15, -0.1) is 0 Å². The lowest BCUT2D eigenvalue weighted by molar-refractivity contribution is -0.148. The van der Waals surface area contributed by atoms with Gasteiger partial charge in [-0.05, 0) is 47.9 Å². The van der Waals surface area contributed by atoms with E-state index in [4.69, 9.17) is 9.47 Å². The Morgan fingerprint density at radius 1 is 1.00 bits per heavy atom. The zero-order chi connectivity index (χ0) is 22.3. The van der Waals surface area contributed by atoms with Crippen LogP contribution in [0.1, 0.15) is 19.4 Å². The smallest absolute Gasteiger partial charge is 0.387 e. The van der Waals surface area contributed by atoms with Crippen LogP contribution >= 0.6 is 0 Å². The topological polar surface area (TPSA) is 90.9 Å². The van der Waals surface area contributed by atoms with E-state index in [-0.39, 0.29) is 23.2 Å². The fourth-order valence-electron chi connectivity index (χ4n) is 2.46. The number of nitrogens with one attached hydrogen (secondary N) is 1. The Bertz CT molecular complexity index is 931. The summed E-state index contributed by atoms with van der Waals surface area (Å²) < 4.78 is 66.4. The van der Waals surface area contributed by atoms with E-state index < -0.39 is 28.6 Å². The first-order valence-corrected chi connectivity index (χ1v) is 10.5. The Morgan fingerprint density at radius 2 is 1.57 bits per heavy atom. The van der Waals surface area contributed by atoms with Crippen molar-refractivity contribution in [2.75, 3.05) is 7.11 Å². The molecule has 7 nitrogen and oxygen atoms in total. The molecule has 0 aliphatic carbocycles. The molecular weight excluding hydrogens is 420 g/mol. The second kappa shape index (κ2) is 10.4. The van der Waals surface area contributed by atoms with E-state index in [1.54, 1.807) is 13.8 Å². The molecule has 0 heterocycles. The lowest BCUT2D eigenvalue weighted by Gasteiger charge is -2.21. The van der Waals surface area contributed by atoms with Crippen molar-refractivity contribution in [3.8, 4) is 11.5 Å². The number of sulfonamides is 1. The molecule has 164 valence electrons. The molecule has 0 aliphatic heterocycles. The first-order chi connectivity index (χ1) is 14.1. The molecule has 0 amide bonds. The van der Waals surface area contributed by atoms with Crippen LogP contribution in [-0.4, -0.2) is 34.2 Å². The van der Waals surface area contributed by atoms with Gasteiger partial charge in [0.15, 0.2) is 0 Å². The maximum Gasteiger partial charge on any atom is 0.387 e. The van der Waals surface area contributed by atoms with E-state index in [1.807, 2.05) is 0 Å². The Labute approximate surface area is 174 Å². The molecule has 0 unspecified atom stereocenters. The third-order valence-electron chi connectivity index (χ3n) is 4.10. The number of ether oxygens (including phenoxy) is 3. The van der Waals surface area contributed by atoms with Crippen molar-refractivity contribution in [2.45, 2.75) is 38.0 Å². The van der Waals surface area contributed by atoms with Gasteiger partial charge < -0.3 is 14.2 Å². The predicted octanol–water partition coefficient (Wildman–Crippen LogP) is 3.34. The van der Waals surface area contributed by atoms with E-state index in [0.29, 0.717) is 11.3 Å². The van der Waals surface area contributed by atoms with E-state index >= 15 is 0 Å². The molecule has 0 radical (unpaired) electrons. The Kier molecular flexibility index (Phi) is 8.13. The average molecular weight is 443 g/mol. The molecule has 0 fully saturated rings. The number of halogens is 2. The van der Waals surface area contributed by atoms with E-state index in [2.05, 4.69) is 9.46 Å². The maximum absolute atomic E-state index is 12.6. The highest BCUT2D eigenvalue weighted by Crippen LogP contribution is 2.18. The predicted molar refractivity (Wildman–Crippen MR) is 105 cm³/mol. The second-order valence-corrected chi connectivity index (χ2v) is 8.36. The highest BCUT2D eigenvalue weighted by atomic mass is 32.2. The summed E-state index contributed by atoms with van der Waals surface area (Å²) in [5.74, 6) is -0.659. The van der Waals surface area contributed by atoms with Gasteiger partial charge in [-0.1, -0.05) is 26.0 Å². The molecule has 2 rings (SSSR count). The molecular formula is C20H23F2NO6S. The SMILES string of the molecule is COc1ccc(S(=O)(=O)N[C@H](C(=O)OCc2ccc(OC(F)F)cc2)C(C)C)cc1. The molecule has 0 saturated heterocycles. The van der Waals surface area contributed by atoms with Crippen LogP contribution in [0.4, 0.5) is 8.78 Å². The number of alkyl halides is 2. The van der Waals surface area contributed by atoms with E-state index in [1.165, 1.54) is 55.6 Å². The van der Waals surface area contributed by atoms with Crippen LogP contribution in [-0.2, 0) is 26.2 Å². The molecule has 0 bridgehead atoms. The van der Waals surface area contributed by atoms with Crippen molar-refractivity contribution in [3.05, 3.63) is 54.1 Å². The van der Waals surface area contributed by atoms with Gasteiger partial charge in [-0.25, -0.2) is 8.42 Å². The highest BCUT2D eigenvalue weighted by molar-refractivity contribution is 7.89. The number of benzene rings is 2. The lowest BCUT2D eigenvalue weighted by atomic mass is 10.1. The zero-order valence-electron chi connectivity index (χ0n) is 16.7. The molecule has 10 heteroatoms. The van der Waals surface area contributed by atoms with Crippen molar-refractivity contribution in [1.82, 2.24) is 4.72 Å². The summed E-state index contributed by atoms with van der Waals surface area (Å²) in [6.07, 6.45) is 0. The lowest BCUT2D eigenvalue weighted by Crippen LogP contribution is -2.45. The minimum atomic E-state index is -3.97. The van der Waals surface area contributed by atoms with Crippen LogP contribution in [0, 0.1) is 5.92 Å². The van der Waals surface area contributed by atoms with Gasteiger partial charge in [0.1, 0.15) is 24.1 Å². The number of carbonyl (C=O) groups is 1. The first kappa shape index (κ1) is 23.6. The Hall–Kier alpha value is -2.72. The highest BCUT2D eigenvalue weighted by Gasteiger charge is 2.29. The summed E-state index contributed by atoms with van der Waals surface area (Å²) in [5.41, 5.74) is 0.533. The molecule has 1 atom stereocenters. The monoisotopic (exact) mass is 443 g/mol. The molecule has 2 aromatic rings. The Balaban J connectivity index is 2.03. The summed E-state index contributed by atoms with van der Waals surface area (Å²) in [7, 11) is -2.50. The Morgan fingerprint density at radius 3 is 2.07 bits per heavy atom. The fourth-order valence-corrected chi connectivity index (χ4v) is 3.79. The van der Waals surface area contributed by atoms with Gasteiger partial charge in [0.2, 0.25) is 10.0 Å². The fraction of sp³-hybridized carbons (Fsp3) is 0.350. The van der Waals surface area contributed by atoms with Crippen LogP contribution in [0.3, 0.4) is 0 Å². The van der Waals surface area contributed by atoms with Gasteiger partial charge in [0, 0.05) is 0 Å². The van der Waals surface area contributed by atoms with Gasteiger partial charge in [-0.3, -0.25) is 4.79 Å². The number of rotatable bonds is 10. The van der Waals surface area contributed by atoms with Crippen molar-refractivity contribution < 1.29 is 36.2 Å². The van der Waals surface area contributed by atoms with Crippen molar-refractivity contribution in [1.29, 1.82) is 0 Å². The summed E-state index contributed by atoms with van der Waals surface area (Å²) in [5, 5.41) is 0. The molecule has 0 spiro atoms. The molecule has 0 aromatic heterocycles. The van der Waals surface area contributed by atoms with Crippen molar-refractivity contribution >= 4 is 16.0 Å². The minimum Gasteiger partial charge on any atom is -0.497 e. The van der Waals surface area contributed by atoms with Gasteiger partial charge in [-0.2, -0.15) is 13.5 Å². The molecule has 30 heavy (non-hydrogen) atoms. The van der Waals surface area contributed by atoms with E-state index in [0.717, 1.165) is 0 Å². The summed E-state index contributed by atoms with van der Waals surface area (Å²) in [6, 6.07) is 10.2. The largest absolute Gasteiger partial charge is 0.497 e. The normalized spacial score (nSPS) is 12.6. The molecule has 1 N–H and O–H groups in total. The van der Waals surface area contributed by atoms with Crippen molar-refractivity contribution in [2.24, 2.45) is 5.92 Å². The van der Waals surface area contributed by atoms with Gasteiger partial charge in [0.05, 0.1) is 12.0 Å². The van der Waals surface area contributed by atoms with Crippen LogP contribution in [0.25, 0.3) is 0 Å². The third kappa shape index (κ3) is 6.67. The standard InChI is InChI=1S/C20H23F2NO6S/c1-13(2)18(23-30(25,26)17-10-8-15(27-3)9-11-17)19(24)28-12-14-4-6-16(7-5-14)29-20(21)22/h4-11,13,18,20,23H,12H2,1-3H3/t18-/m0/s1. The molecule has 2 aromatic carbocycles. The summed E-state index contributed by atoms with van der Waals surface area (Å²) >= 11 is 0. The number of methoxy groups -OCH3 is 1. The van der Waals surface area contributed by atoms with E-state index in [9.17, 15) is 22.0 Å². The zero-order valence-corrected chi connectivity index (χ0v) is 17.5. The van der Waals surface area contributed by atoms with Crippen LogP contribution in [0.15, 0.2) is 53.4 Å². The molecule has 0 saturated carbocycles. The number of carbonyl (C=O) groups excluding carboxylic acids is 1. The first-order valence-electron chi connectivity index (χ1n) is 8.99. The third-order valence-corrected chi connectivity index (χ3v) is 5.56.